The summed E-state index contributed by atoms with van der Waals surface area (Å²) in [6.45, 7) is 2.29. The molecule has 0 radical (unpaired) electrons. The smallest absolute Gasteiger partial charge is 0.128 e. The normalized spacial score (nSPS) is 10.5. The van der Waals surface area contributed by atoms with Crippen molar-refractivity contribution in [3.8, 4) is 0 Å². The third-order valence-electron chi connectivity index (χ3n) is 2.08. The van der Waals surface area contributed by atoms with E-state index < -0.39 is 11.6 Å². The first-order valence-electron chi connectivity index (χ1n) is 5.49. The highest BCUT2D eigenvalue weighted by Crippen LogP contribution is 2.12. The Kier molecular flexibility index (Phi) is 6.50. The van der Waals surface area contributed by atoms with Crippen molar-refractivity contribution in [3.05, 3.63) is 29.8 Å². The summed E-state index contributed by atoms with van der Waals surface area (Å²) in [6.07, 6.45) is 0.838. The molecule has 1 N–H and O–H groups in total. The largest absolute Gasteiger partial charge is 0.385 e. The van der Waals surface area contributed by atoms with Gasteiger partial charge in [-0.3, -0.25) is 0 Å². The molecule has 0 heterocycles. The van der Waals surface area contributed by atoms with Gasteiger partial charge in [-0.15, -0.1) is 0 Å². The molecule has 0 saturated carbocycles. The third-order valence-corrected chi connectivity index (χ3v) is 2.08. The van der Waals surface area contributed by atoms with Gasteiger partial charge in [0.05, 0.1) is 6.61 Å². The molecule has 5 heteroatoms. The fourth-order valence-electron chi connectivity index (χ4n) is 1.33. The summed E-state index contributed by atoms with van der Waals surface area (Å²) < 4.78 is 35.8. The Hall–Kier alpha value is -1.20. The summed E-state index contributed by atoms with van der Waals surface area (Å²) in [5.74, 6) is -1.18. The molecule has 0 aliphatic rings. The van der Waals surface area contributed by atoms with E-state index in [1.165, 1.54) is 12.1 Å². The highest BCUT2D eigenvalue weighted by atomic mass is 19.1. The summed E-state index contributed by atoms with van der Waals surface area (Å²) in [7, 11) is 1.64. The minimum atomic E-state index is -0.589. The maximum Gasteiger partial charge on any atom is 0.128 e. The van der Waals surface area contributed by atoms with Crippen LogP contribution in [-0.4, -0.2) is 33.5 Å². The quantitative estimate of drug-likeness (QED) is 0.713. The van der Waals surface area contributed by atoms with E-state index in [0.29, 0.717) is 32.1 Å². The van der Waals surface area contributed by atoms with E-state index in [0.717, 1.165) is 12.5 Å². The maximum atomic E-state index is 12.8. The number of hydrogen-bond acceptors (Lipinski definition) is 3. The Morgan fingerprint density at radius 3 is 2.41 bits per heavy atom. The van der Waals surface area contributed by atoms with E-state index in [9.17, 15) is 8.78 Å². The standard InChI is InChI=1S/C12H17F2NO2/c1-16-4-2-5-17-6-3-15-12-8-10(13)7-11(14)9-12/h7-9,15H,2-6H2,1H3. The van der Waals surface area contributed by atoms with Crippen LogP contribution in [-0.2, 0) is 9.47 Å². The molecular weight excluding hydrogens is 228 g/mol. The van der Waals surface area contributed by atoms with E-state index in [-0.39, 0.29) is 0 Å². The first-order valence-corrected chi connectivity index (χ1v) is 5.49. The Morgan fingerprint density at radius 1 is 1.06 bits per heavy atom. The van der Waals surface area contributed by atoms with Crippen LogP contribution < -0.4 is 5.32 Å². The number of benzene rings is 1. The minimum Gasteiger partial charge on any atom is -0.385 e. The first-order chi connectivity index (χ1) is 8.22. The van der Waals surface area contributed by atoms with Gasteiger partial charge in [0, 0.05) is 38.6 Å². The zero-order valence-electron chi connectivity index (χ0n) is 9.84. The lowest BCUT2D eigenvalue weighted by molar-refractivity contribution is 0.109. The lowest BCUT2D eigenvalue weighted by Gasteiger charge is -2.07. The molecule has 3 nitrogen and oxygen atoms in total. The highest BCUT2D eigenvalue weighted by molar-refractivity contribution is 5.43. The molecule has 0 fully saturated rings. The van der Waals surface area contributed by atoms with Gasteiger partial charge in [0.2, 0.25) is 0 Å². The van der Waals surface area contributed by atoms with Crippen LogP contribution in [0, 0.1) is 11.6 Å². The van der Waals surface area contributed by atoms with Gasteiger partial charge >= 0.3 is 0 Å². The molecular formula is C12H17F2NO2. The van der Waals surface area contributed by atoms with Crippen LogP contribution in [0.5, 0.6) is 0 Å². The molecule has 0 aliphatic heterocycles. The van der Waals surface area contributed by atoms with Gasteiger partial charge in [-0.1, -0.05) is 0 Å². The van der Waals surface area contributed by atoms with E-state index >= 15 is 0 Å². The fourth-order valence-corrected chi connectivity index (χ4v) is 1.33. The van der Waals surface area contributed by atoms with E-state index in [1.54, 1.807) is 7.11 Å². The SMILES string of the molecule is COCCCOCCNc1cc(F)cc(F)c1. The van der Waals surface area contributed by atoms with Crippen LogP contribution in [0.3, 0.4) is 0 Å². The van der Waals surface area contributed by atoms with Crippen LogP contribution >= 0.6 is 0 Å². The zero-order valence-corrected chi connectivity index (χ0v) is 9.84. The second-order valence-electron chi connectivity index (χ2n) is 3.54. The number of methoxy groups -OCH3 is 1. The highest BCUT2D eigenvalue weighted by Gasteiger charge is 1.99. The van der Waals surface area contributed by atoms with Crippen molar-refractivity contribution >= 4 is 5.69 Å². The van der Waals surface area contributed by atoms with E-state index in [4.69, 9.17) is 9.47 Å². The molecule has 0 unspecified atom stereocenters. The lowest BCUT2D eigenvalue weighted by Crippen LogP contribution is -2.11. The van der Waals surface area contributed by atoms with Crippen molar-refractivity contribution in [1.29, 1.82) is 0 Å². The number of ether oxygens (including phenoxy) is 2. The maximum absolute atomic E-state index is 12.8. The second kappa shape index (κ2) is 7.97. The lowest BCUT2D eigenvalue weighted by atomic mass is 10.3. The van der Waals surface area contributed by atoms with Gasteiger partial charge in [0.25, 0.3) is 0 Å². The van der Waals surface area contributed by atoms with Gasteiger partial charge in [-0.2, -0.15) is 0 Å². The molecule has 1 aromatic rings. The summed E-state index contributed by atoms with van der Waals surface area (Å²) in [5.41, 5.74) is 0.419. The molecule has 0 bridgehead atoms. The van der Waals surface area contributed by atoms with Gasteiger partial charge in [-0.05, 0) is 18.6 Å². The molecule has 0 amide bonds. The summed E-state index contributed by atoms with van der Waals surface area (Å²) in [4.78, 5) is 0. The predicted octanol–water partition coefficient (Wildman–Crippen LogP) is 2.43. The molecule has 0 aromatic heterocycles. The van der Waals surface area contributed by atoms with Crippen molar-refractivity contribution < 1.29 is 18.3 Å². The van der Waals surface area contributed by atoms with Crippen molar-refractivity contribution in [3.63, 3.8) is 0 Å². The van der Waals surface area contributed by atoms with E-state index in [2.05, 4.69) is 5.32 Å². The number of rotatable bonds is 8. The van der Waals surface area contributed by atoms with Crippen LogP contribution in [0.4, 0.5) is 14.5 Å². The number of anilines is 1. The average molecular weight is 245 g/mol. The molecule has 0 atom stereocenters. The molecule has 0 spiro atoms. The van der Waals surface area contributed by atoms with Crippen molar-refractivity contribution in [2.75, 3.05) is 38.8 Å². The first kappa shape index (κ1) is 13.9. The molecule has 1 rings (SSSR count). The number of halogens is 2. The molecule has 0 saturated heterocycles. The van der Waals surface area contributed by atoms with Crippen molar-refractivity contribution in [2.45, 2.75) is 6.42 Å². The number of nitrogens with one attached hydrogen (secondary N) is 1. The van der Waals surface area contributed by atoms with Crippen LogP contribution in [0.1, 0.15) is 6.42 Å². The Bertz CT molecular complexity index is 314. The zero-order chi connectivity index (χ0) is 12.5. The monoisotopic (exact) mass is 245 g/mol. The van der Waals surface area contributed by atoms with Crippen molar-refractivity contribution in [2.24, 2.45) is 0 Å². The molecule has 0 aliphatic carbocycles. The Labute approximate surface area is 99.7 Å². The van der Waals surface area contributed by atoms with E-state index in [1.807, 2.05) is 0 Å². The minimum absolute atomic E-state index is 0.419. The Morgan fingerprint density at radius 2 is 1.76 bits per heavy atom. The average Bonchev–Trinajstić information content (AvgIpc) is 2.26. The molecule has 1 aromatic carbocycles. The summed E-state index contributed by atoms with van der Waals surface area (Å²) >= 11 is 0. The molecule has 96 valence electrons. The van der Waals surface area contributed by atoms with Gasteiger partial charge in [-0.25, -0.2) is 8.78 Å². The predicted molar refractivity (Wildman–Crippen MR) is 62.2 cm³/mol. The van der Waals surface area contributed by atoms with Crippen LogP contribution in [0.15, 0.2) is 18.2 Å². The van der Waals surface area contributed by atoms with Crippen molar-refractivity contribution in [1.82, 2.24) is 0 Å². The van der Waals surface area contributed by atoms with Gasteiger partial charge in [0.15, 0.2) is 0 Å². The number of hydrogen-bond donors (Lipinski definition) is 1. The second-order valence-corrected chi connectivity index (χ2v) is 3.54. The van der Waals surface area contributed by atoms with Gasteiger partial charge in [0.1, 0.15) is 11.6 Å². The molecule has 17 heavy (non-hydrogen) atoms. The Balaban J connectivity index is 2.13. The summed E-state index contributed by atoms with van der Waals surface area (Å²) in [5, 5.41) is 2.88. The van der Waals surface area contributed by atoms with Crippen LogP contribution in [0.25, 0.3) is 0 Å². The summed E-state index contributed by atoms with van der Waals surface area (Å²) in [6, 6.07) is 3.33. The fraction of sp³-hybridized carbons (Fsp3) is 0.500. The van der Waals surface area contributed by atoms with Gasteiger partial charge < -0.3 is 14.8 Å². The topological polar surface area (TPSA) is 30.5 Å². The van der Waals surface area contributed by atoms with Crippen LogP contribution in [0.2, 0.25) is 0 Å². The third kappa shape index (κ3) is 6.19.